The van der Waals surface area contributed by atoms with Crippen molar-refractivity contribution in [1.82, 2.24) is 20.0 Å². The highest BCUT2D eigenvalue weighted by molar-refractivity contribution is 7.80. The Hall–Kier alpha value is -4.61. The van der Waals surface area contributed by atoms with Gasteiger partial charge in [-0.15, -0.1) is 10.2 Å². The number of nitriles is 1. The van der Waals surface area contributed by atoms with Gasteiger partial charge in [-0.1, -0.05) is 72.3 Å². The summed E-state index contributed by atoms with van der Waals surface area (Å²) in [7, 11) is 0. The molecule has 0 amide bonds. The monoisotopic (exact) mass is 489 g/mol. The molecule has 2 heterocycles. The van der Waals surface area contributed by atoms with E-state index in [9.17, 15) is 5.26 Å². The van der Waals surface area contributed by atoms with Gasteiger partial charge < -0.3 is 10.6 Å². The third-order valence-electron chi connectivity index (χ3n) is 5.93. The highest BCUT2D eigenvalue weighted by Gasteiger charge is 2.20. The predicted octanol–water partition coefficient (Wildman–Crippen LogP) is 5.70. The number of nitrogens with zero attached hydrogens (tertiary/aromatic N) is 5. The lowest BCUT2D eigenvalue weighted by Crippen LogP contribution is -2.20. The minimum atomic E-state index is 0.342. The molecule has 36 heavy (non-hydrogen) atoms. The first-order valence-corrected chi connectivity index (χ1v) is 11.9. The number of thiocarbonyl (C=S) groups is 1. The van der Waals surface area contributed by atoms with Crippen LogP contribution < -0.4 is 10.6 Å². The normalized spacial score (nSPS) is 10.7. The lowest BCUT2D eigenvalue weighted by atomic mass is 10.0. The van der Waals surface area contributed by atoms with Crippen molar-refractivity contribution < 1.29 is 0 Å². The molecule has 7 nitrogen and oxygen atoms in total. The fraction of sp³-hybridized carbons (Fsp3) is 0.107. The molecule has 0 radical (unpaired) electrons. The topological polar surface area (TPSA) is 91.4 Å². The highest BCUT2D eigenvalue weighted by Crippen LogP contribution is 2.27. The maximum Gasteiger partial charge on any atom is 0.183 e. The number of aromatic nitrogens is 4. The molecule has 0 fully saturated rings. The van der Waals surface area contributed by atoms with E-state index in [4.69, 9.17) is 12.2 Å². The number of fused-ring (bicyclic) bond motifs is 1. The third kappa shape index (κ3) is 4.65. The zero-order chi connectivity index (χ0) is 25.1. The van der Waals surface area contributed by atoms with Crippen LogP contribution in [0.15, 0.2) is 78.9 Å². The Bertz CT molecular complexity index is 1600. The smallest absolute Gasteiger partial charge is 0.183 e. The number of rotatable bonds is 5. The molecule has 2 aromatic heterocycles. The number of hydrogen-bond acceptors (Lipinski definition) is 5. The molecule has 0 spiro atoms. The molecule has 8 heteroatoms. The number of hydrogen-bond donors (Lipinski definition) is 2. The molecular formula is C28H23N7S. The molecule has 0 bridgehead atoms. The molecule has 176 valence electrons. The van der Waals surface area contributed by atoms with Crippen LogP contribution in [0.25, 0.3) is 16.6 Å². The summed E-state index contributed by atoms with van der Waals surface area (Å²) in [4.78, 5) is 0. The summed E-state index contributed by atoms with van der Waals surface area (Å²) in [6, 6.07) is 28.3. The van der Waals surface area contributed by atoms with E-state index >= 15 is 0 Å². The molecule has 0 unspecified atom stereocenters. The first-order chi connectivity index (χ1) is 17.5. The zero-order valence-electron chi connectivity index (χ0n) is 19.9. The van der Waals surface area contributed by atoms with E-state index in [1.807, 2.05) is 80.6 Å². The second-order valence-electron chi connectivity index (χ2n) is 8.46. The maximum atomic E-state index is 9.87. The van der Waals surface area contributed by atoms with Crippen LogP contribution in [0.3, 0.4) is 0 Å². The van der Waals surface area contributed by atoms with Crippen LogP contribution >= 0.6 is 12.2 Å². The second kappa shape index (κ2) is 9.94. The fourth-order valence-corrected chi connectivity index (χ4v) is 4.27. The lowest BCUT2D eigenvalue weighted by molar-refractivity contribution is 0.794. The van der Waals surface area contributed by atoms with Crippen LogP contribution in [0.4, 0.5) is 11.5 Å². The molecule has 2 N–H and O–H groups in total. The first-order valence-electron chi connectivity index (χ1n) is 11.5. The van der Waals surface area contributed by atoms with E-state index in [-0.39, 0.29) is 0 Å². The highest BCUT2D eigenvalue weighted by atomic mass is 32.1. The average molecular weight is 490 g/mol. The molecule has 0 saturated carbocycles. The van der Waals surface area contributed by atoms with E-state index < -0.39 is 0 Å². The SMILES string of the molecule is Cc1ccc(NC(=S)Nc2nn(-c3nnc(Cc4ccccc4)c4ccccc34)c(C)c2C#N)cc1. The largest absolute Gasteiger partial charge is 0.332 e. The van der Waals surface area contributed by atoms with Gasteiger partial charge in [-0.25, -0.2) is 4.68 Å². The van der Waals surface area contributed by atoms with Crippen LogP contribution in [0.5, 0.6) is 0 Å². The average Bonchev–Trinajstić information content (AvgIpc) is 3.20. The third-order valence-corrected chi connectivity index (χ3v) is 6.13. The van der Waals surface area contributed by atoms with Gasteiger partial charge in [-0.2, -0.15) is 10.4 Å². The standard InChI is InChI=1S/C28H23N7S/c1-18-12-14-21(15-13-18)30-28(36)31-26-24(17-29)19(2)35(34-26)27-23-11-7-6-10-22(23)25(32-33-27)16-20-8-4-3-5-9-20/h3-15H,16H2,1-2H3,(H2,30,31,34,36). The van der Waals surface area contributed by atoms with Crippen molar-refractivity contribution in [3.05, 3.63) is 107 Å². The van der Waals surface area contributed by atoms with Crippen LogP contribution in [0.2, 0.25) is 0 Å². The Balaban J connectivity index is 1.49. The molecule has 5 aromatic rings. The fourth-order valence-electron chi connectivity index (χ4n) is 4.06. The predicted molar refractivity (Wildman–Crippen MR) is 146 cm³/mol. The van der Waals surface area contributed by atoms with E-state index in [1.165, 1.54) is 0 Å². The van der Waals surface area contributed by atoms with Gasteiger partial charge in [-0.3, -0.25) is 0 Å². The van der Waals surface area contributed by atoms with Crippen molar-refractivity contribution in [1.29, 1.82) is 5.26 Å². The molecule has 0 aliphatic heterocycles. The molecular weight excluding hydrogens is 466 g/mol. The van der Waals surface area contributed by atoms with Crippen molar-refractivity contribution in [2.75, 3.05) is 10.6 Å². The Labute approximate surface area is 214 Å². The van der Waals surface area contributed by atoms with E-state index in [2.05, 4.69) is 44.1 Å². The van der Waals surface area contributed by atoms with Crippen molar-refractivity contribution >= 4 is 39.6 Å². The summed E-state index contributed by atoms with van der Waals surface area (Å²) in [6.07, 6.45) is 0.669. The Morgan fingerprint density at radius 1 is 0.889 bits per heavy atom. The molecule has 0 aliphatic carbocycles. The summed E-state index contributed by atoms with van der Waals surface area (Å²) in [5.41, 5.74) is 5.08. The number of anilines is 2. The van der Waals surface area contributed by atoms with E-state index in [1.54, 1.807) is 4.68 Å². The van der Waals surface area contributed by atoms with Crippen molar-refractivity contribution in [2.24, 2.45) is 0 Å². The van der Waals surface area contributed by atoms with Gasteiger partial charge in [-0.05, 0) is 43.8 Å². The van der Waals surface area contributed by atoms with Gasteiger partial charge in [0.15, 0.2) is 16.7 Å². The molecule has 5 rings (SSSR count). The van der Waals surface area contributed by atoms with Crippen LogP contribution in [-0.2, 0) is 6.42 Å². The summed E-state index contributed by atoms with van der Waals surface area (Å²) in [5.74, 6) is 0.917. The molecule has 3 aromatic carbocycles. The van der Waals surface area contributed by atoms with Gasteiger partial charge >= 0.3 is 0 Å². The van der Waals surface area contributed by atoms with E-state index in [0.29, 0.717) is 34.4 Å². The Morgan fingerprint density at radius 3 is 2.31 bits per heavy atom. The first kappa shape index (κ1) is 23.1. The summed E-state index contributed by atoms with van der Waals surface area (Å²) < 4.78 is 1.65. The second-order valence-corrected chi connectivity index (χ2v) is 8.86. The summed E-state index contributed by atoms with van der Waals surface area (Å²) in [6.45, 7) is 3.86. The molecule has 0 atom stereocenters. The summed E-state index contributed by atoms with van der Waals surface area (Å²) >= 11 is 5.48. The number of nitrogens with one attached hydrogen (secondary N) is 2. The quantitative estimate of drug-likeness (QED) is 0.306. The number of benzene rings is 3. The Morgan fingerprint density at radius 2 is 1.58 bits per heavy atom. The minimum absolute atomic E-state index is 0.342. The van der Waals surface area contributed by atoms with Crippen molar-refractivity contribution in [2.45, 2.75) is 20.3 Å². The zero-order valence-corrected chi connectivity index (χ0v) is 20.7. The van der Waals surface area contributed by atoms with E-state index in [0.717, 1.165) is 33.3 Å². The summed E-state index contributed by atoms with van der Waals surface area (Å²) in [5, 5.41) is 32.1. The van der Waals surface area contributed by atoms with Gasteiger partial charge in [0.25, 0.3) is 0 Å². The van der Waals surface area contributed by atoms with Crippen LogP contribution in [0.1, 0.15) is 28.1 Å². The van der Waals surface area contributed by atoms with Crippen molar-refractivity contribution in [3.63, 3.8) is 0 Å². The Kier molecular flexibility index (Phi) is 6.39. The van der Waals surface area contributed by atoms with Crippen LogP contribution in [-0.4, -0.2) is 25.1 Å². The van der Waals surface area contributed by atoms with Crippen LogP contribution in [0, 0.1) is 25.2 Å². The molecule has 0 saturated heterocycles. The lowest BCUT2D eigenvalue weighted by Gasteiger charge is -2.11. The van der Waals surface area contributed by atoms with Gasteiger partial charge in [0, 0.05) is 22.9 Å². The van der Waals surface area contributed by atoms with Gasteiger partial charge in [0.05, 0.1) is 11.4 Å². The molecule has 0 aliphatic rings. The van der Waals surface area contributed by atoms with Gasteiger partial charge in [0.2, 0.25) is 0 Å². The van der Waals surface area contributed by atoms with Crippen molar-refractivity contribution in [3.8, 4) is 11.9 Å². The number of aryl methyl sites for hydroxylation is 1. The van der Waals surface area contributed by atoms with Gasteiger partial charge in [0.1, 0.15) is 11.6 Å². The minimum Gasteiger partial charge on any atom is -0.332 e. The maximum absolute atomic E-state index is 9.87.